The van der Waals surface area contributed by atoms with Gasteiger partial charge in [-0.3, -0.25) is 0 Å². The molecule has 0 radical (unpaired) electrons. The first kappa shape index (κ1) is 12.7. The Morgan fingerprint density at radius 2 is 2.00 bits per heavy atom. The van der Waals surface area contributed by atoms with Crippen molar-refractivity contribution >= 4 is 11.3 Å². The van der Waals surface area contributed by atoms with Gasteiger partial charge in [-0.15, -0.1) is 11.3 Å². The molecule has 1 nitrogen and oxygen atoms in total. The quantitative estimate of drug-likeness (QED) is 0.714. The minimum Gasteiger partial charge on any atom is -0.388 e. The van der Waals surface area contributed by atoms with E-state index in [1.54, 1.807) is 11.3 Å². The van der Waals surface area contributed by atoms with Gasteiger partial charge in [-0.05, 0) is 31.9 Å². The van der Waals surface area contributed by atoms with Gasteiger partial charge in [-0.25, -0.2) is 0 Å². The maximum atomic E-state index is 9.97. The van der Waals surface area contributed by atoms with E-state index in [4.69, 9.17) is 0 Å². The summed E-state index contributed by atoms with van der Waals surface area (Å²) in [5.74, 6) is 0. The number of hydrogen-bond donors (Lipinski definition) is 1. The molecule has 1 atom stereocenters. The van der Waals surface area contributed by atoms with Crippen LogP contribution in [0.4, 0.5) is 0 Å². The van der Waals surface area contributed by atoms with Gasteiger partial charge in [0.05, 0.1) is 6.10 Å². The molecule has 15 heavy (non-hydrogen) atoms. The second-order valence-electron chi connectivity index (χ2n) is 4.25. The van der Waals surface area contributed by atoms with Crippen LogP contribution in [0, 0.1) is 13.8 Å². The SMILES string of the molecule is CCCCCCC(O)c1cc(C)c(C)s1. The van der Waals surface area contributed by atoms with Gasteiger partial charge in [0.15, 0.2) is 0 Å². The number of thiophene rings is 1. The van der Waals surface area contributed by atoms with E-state index in [0.717, 1.165) is 17.7 Å². The first-order valence-corrected chi connectivity index (χ1v) is 6.71. The summed E-state index contributed by atoms with van der Waals surface area (Å²) in [6, 6.07) is 2.13. The summed E-state index contributed by atoms with van der Waals surface area (Å²) in [5.41, 5.74) is 1.31. The van der Waals surface area contributed by atoms with E-state index in [0.29, 0.717) is 0 Å². The summed E-state index contributed by atoms with van der Waals surface area (Å²) in [7, 11) is 0. The first-order valence-electron chi connectivity index (χ1n) is 5.90. The Morgan fingerprint density at radius 3 is 2.53 bits per heavy atom. The van der Waals surface area contributed by atoms with Gasteiger partial charge in [0, 0.05) is 9.75 Å². The molecule has 0 saturated carbocycles. The molecule has 1 aromatic heterocycles. The second kappa shape index (κ2) is 6.29. The maximum absolute atomic E-state index is 9.97. The molecule has 2 heteroatoms. The number of unbranched alkanes of at least 4 members (excludes halogenated alkanes) is 3. The van der Waals surface area contributed by atoms with Gasteiger partial charge < -0.3 is 5.11 Å². The highest BCUT2D eigenvalue weighted by atomic mass is 32.1. The molecule has 86 valence electrons. The third kappa shape index (κ3) is 3.96. The van der Waals surface area contributed by atoms with Gasteiger partial charge in [0.25, 0.3) is 0 Å². The van der Waals surface area contributed by atoms with E-state index in [2.05, 4.69) is 26.8 Å². The third-order valence-electron chi connectivity index (χ3n) is 2.84. The van der Waals surface area contributed by atoms with Gasteiger partial charge in [0.1, 0.15) is 0 Å². The predicted octanol–water partition coefficient (Wildman–Crippen LogP) is 4.37. The summed E-state index contributed by atoms with van der Waals surface area (Å²) in [6.45, 7) is 6.44. The fourth-order valence-electron chi connectivity index (χ4n) is 1.67. The van der Waals surface area contributed by atoms with Crippen molar-refractivity contribution in [3.63, 3.8) is 0 Å². The smallest absolute Gasteiger partial charge is 0.0882 e. The second-order valence-corrected chi connectivity index (χ2v) is 5.54. The zero-order chi connectivity index (χ0) is 11.3. The minimum atomic E-state index is -0.237. The average Bonchev–Trinajstić information content (AvgIpc) is 2.54. The molecule has 1 heterocycles. The lowest BCUT2D eigenvalue weighted by Crippen LogP contribution is -1.94. The molecule has 0 bridgehead atoms. The topological polar surface area (TPSA) is 20.2 Å². The van der Waals surface area contributed by atoms with E-state index in [9.17, 15) is 5.11 Å². The van der Waals surface area contributed by atoms with Gasteiger partial charge in [-0.2, -0.15) is 0 Å². The van der Waals surface area contributed by atoms with Crippen molar-refractivity contribution < 1.29 is 5.11 Å². The van der Waals surface area contributed by atoms with E-state index >= 15 is 0 Å². The van der Waals surface area contributed by atoms with E-state index < -0.39 is 0 Å². The molecule has 0 aliphatic rings. The molecule has 1 unspecified atom stereocenters. The van der Waals surface area contributed by atoms with Crippen molar-refractivity contribution in [3.05, 3.63) is 21.4 Å². The molecular formula is C13H22OS. The molecule has 0 aliphatic carbocycles. The van der Waals surface area contributed by atoms with Crippen LogP contribution in [0.25, 0.3) is 0 Å². The van der Waals surface area contributed by atoms with Crippen LogP contribution in [-0.2, 0) is 0 Å². The Morgan fingerprint density at radius 1 is 1.27 bits per heavy atom. The zero-order valence-electron chi connectivity index (χ0n) is 10.0. The lowest BCUT2D eigenvalue weighted by Gasteiger charge is -2.07. The number of aliphatic hydroxyl groups is 1. The van der Waals surface area contributed by atoms with Gasteiger partial charge in [0.2, 0.25) is 0 Å². The first-order chi connectivity index (χ1) is 7.15. The van der Waals surface area contributed by atoms with Crippen LogP contribution >= 0.6 is 11.3 Å². The Kier molecular flexibility index (Phi) is 5.34. The van der Waals surface area contributed by atoms with Gasteiger partial charge in [-0.1, -0.05) is 32.6 Å². The van der Waals surface area contributed by atoms with E-state index in [-0.39, 0.29) is 6.10 Å². The Hall–Kier alpha value is -0.340. The van der Waals surface area contributed by atoms with Crippen LogP contribution in [0.1, 0.15) is 60.4 Å². The lowest BCUT2D eigenvalue weighted by molar-refractivity contribution is 0.167. The van der Waals surface area contributed by atoms with E-state index in [1.165, 1.54) is 29.7 Å². The summed E-state index contributed by atoms with van der Waals surface area (Å²) >= 11 is 1.74. The lowest BCUT2D eigenvalue weighted by atomic mass is 10.1. The summed E-state index contributed by atoms with van der Waals surface area (Å²) < 4.78 is 0. The monoisotopic (exact) mass is 226 g/mol. The Balaban J connectivity index is 2.36. The highest BCUT2D eigenvalue weighted by Crippen LogP contribution is 2.29. The summed E-state index contributed by atoms with van der Waals surface area (Å²) in [4.78, 5) is 2.47. The normalized spacial score (nSPS) is 13.1. The Labute approximate surface area is 97.2 Å². The van der Waals surface area contributed by atoms with Crippen molar-refractivity contribution in [2.24, 2.45) is 0 Å². The number of hydrogen-bond acceptors (Lipinski definition) is 2. The van der Waals surface area contributed by atoms with Crippen LogP contribution in [-0.4, -0.2) is 5.11 Å². The molecular weight excluding hydrogens is 204 g/mol. The molecule has 1 N–H and O–H groups in total. The minimum absolute atomic E-state index is 0.237. The van der Waals surface area contributed by atoms with Crippen molar-refractivity contribution in [2.45, 2.75) is 59.0 Å². The van der Waals surface area contributed by atoms with Crippen molar-refractivity contribution in [1.82, 2.24) is 0 Å². The number of aliphatic hydroxyl groups excluding tert-OH is 1. The standard InChI is InChI=1S/C13H22OS/c1-4-5-6-7-8-12(14)13-9-10(2)11(3)15-13/h9,12,14H,4-8H2,1-3H3. The zero-order valence-corrected chi connectivity index (χ0v) is 10.9. The molecule has 0 spiro atoms. The van der Waals surface area contributed by atoms with Crippen LogP contribution in [0.15, 0.2) is 6.07 Å². The molecule has 0 fully saturated rings. The molecule has 0 aromatic carbocycles. The summed E-state index contributed by atoms with van der Waals surface area (Å²) in [6.07, 6.45) is 5.61. The molecule has 1 aromatic rings. The molecule has 1 rings (SSSR count). The molecule has 0 aliphatic heterocycles. The fraction of sp³-hybridized carbons (Fsp3) is 0.692. The van der Waals surface area contributed by atoms with Crippen LogP contribution in [0.3, 0.4) is 0 Å². The van der Waals surface area contributed by atoms with E-state index in [1.807, 2.05) is 0 Å². The van der Waals surface area contributed by atoms with Crippen LogP contribution < -0.4 is 0 Å². The Bertz CT molecular complexity index is 271. The van der Waals surface area contributed by atoms with Crippen LogP contribution in [0.5, 0.6) is 0 Å². The van der Waals surface area contributed by atoms with Crippen LogP contribution in [0.2, 0.25) is 0 Å². The van der Waals surface area contributed by atoms with Crippen molar-refractivity contribution in [1.29, 1.82) is 0 Å². The highest BCUT2D eigenvalue weighted by Gasteiger charge is 2.10. The molecule has 0 saturated heterocycles. The van der Waals surface area contributed by atoms with Crippen molar-refractivity contribution in [3.8, 4) is 0 Å². The predicted molar refractivity (Wildman–Crippen MR) is 67.5 cm³/mol. The summed E-state index contributed by atoms with van der Waals surface area (Å²) in [5, 5.41) is 9.97. The molecule has 0 amide bonds. The maximum Gasteiger partial charge on any atom is 0.0882 e. The highest BCUT2D eigenvalue weighted by molar-refractivity contribution is 7.12. The van der Waals surface area contributed by atoms with Gasteiger partial charge >= 0.3 is 0 Å². The third-order valence-corrected chi connectivity index (χ3v) is 4.10. The largest absolute Gasteiger partial charge is 0.388 e. The number of aryl methyl sites for hydroxylation is 2. The number of rotatable bonds is 6. The average molecular weight is 226 g/mol. The fourth-order valence-corrected chi connectivity index (χ4v) is 2.74. The van der Waals surface area contributed by atoms with Crippen molar-refractivity contribution in [2.75, 3.05) is 0 Å².